The van der Waals surface area contributed by atoms with Gasteiger partial charge < -0.3 is 0 Å². The summed E-state index contributed by atoms with van der Waals surface area (Å²) in [6.07, 6.45) is 8.52. The Bertz CT molecular complexity index is 242. The quantitative estimate of drug-likeness (QED) is 0.690. The van der Waals surface area contributed by atoms with Crippen molar-refractivity contribution in [2.75, 3.05) is 25.9 Å². The minimum Gasteiger partial charge on any atom is -0.300 e. The number of ketones is 1. The predicted octanol–water partition coefficient (Wildman–Crippen LogP) is 2.60. The number of carbonyl (C=O) groups is 1. The van der Waals surface area contributed by atoms with Crippen LogP contribution in [-0.4, -0.2) is 41.8 Å². The average molecular weight is 241 g/mol. The summed E-state index contributed by atoms with van der Waals surface area (Å²) in [5, 5.41) is 0.845. The zero-order chi connectivity index (χ0) is 12.0. The molecule has 0 aliphatic carbocycles. The zero-order valence-corrected chi connectivity index (χ0v) is 11.4. The van der Waals surface area contributed by atoms with Crippen molar-refractivity contribution >= 4 is 17.5 Å². The molecule has 0 saturated carbocycles. The molecule has 1 heterocycles. The van der Waals surface area contributed by atoms with Crippen LogP contribution in [0.25, 0.3) is 0 Å². The van der Waals surface area contributed by atoms with E-state index >= 15 is 0 Å². The van der Waals surface area contributed by atoms with Gasteiger partial charge in [-0.15, -0.1) is 0 Å². The lowest BCUT2D eigenvalue weighted by molar-refractivity contribution is -0.117. The summed E-state index contributed by atoms with van der Waals surface area (Å²) >= 11 is 1.98. The lowest BCUT2D eigenvalue weighted by atomic mass is 10.1. The Kier molecular flexibility index (Phi) is 6.14. The Hall–Kier alpha value is -0.280. The molecule has 1 saturated heterocycles. The fourth-order valence-corrected chi connectivity index (χ4v) is 2.52. The van der Waals surface area contributed by atoms with Crippen LogP contribution in [0.5, 0.6) is 0 Å². The first kappa shape index (κ1) is 13.8. The van der Waals surface area contributed by atoms with Gasteiger partial charge in [0.2, 0.25) is 0 Å². The van der Waals surface area contributed by atoms with Crippen molar-refractivity contribution in [3.8, 4) is 0 Å². The molecule has 0 N–H and O–H groups in total. The van der Waals surface area contributed by atoms with Crippen LogP contribution in [-0.2, 0) is 4.79 Å². The minimum absolute atomic E-state index is 0.124. The van der Waals surface area contributed by atoms with Crippen LogP contribution in [0.15, 0.2) is 12.2 Å². The molecule has 0 atom stereocenters. The van der Waals surface area contributed by atoms with Gasteiger partial charge in [-0.3, -0.25) is 9.69 Å². The van der Waals surface area contributed by atoms with E-state index < -0.39 is 0 Å². The fourth-order valence-electron chi connectivity index (χ4n) is 1.84. The summed E-state index contributed by atoms with van der Waals surface area (Å²) < 4.78 is 0. The van der Waals surface area contributed by atoms with Crippen molar-refractivity contribution in [1.82, 2.24) is 4.90 Å². The minimum atomic E-state index is 0.124. The normalized spacial score (nSPS) is 19.8. The lowest BCUT2D eigenvalue weighted by Gasteiger charge is -2.30. The second-order valence-electron chi connectivity index (χ2n) is 4.70. The number of piperidine rings is 1. The van der Waals surface area contributed by atoms with Gasteiger partial charge in [0, 0.05) is 17.7 Å². The first-order chi connectivity index (χ1) is 7.63. The number of carbonyl (C=O) groups excluding carboxylic acids is 1. The molecule has 0 radical (unpaired) electrons. The Morgan fingerprint density at radius 1 is 1.44 bits per heavy atom. The van der Waals surface area contributed by atoms with Crippen molar-refractivity contribution in [2.45, 2.75) is 31.9 Å². The Morgan fingerprint density at radius 2 is 2.06 bits per heavy atom. The summed E-state index contributed by atoms with van der Waals surface area (Å²) in [5.74, 6) is 0.359. The van der Waals surface area contributed by atoms with Crippen LogP contribution in [0.2, 0.25) is 0 Å². The number of nitrogens with zero attached hydrogens (tertiary/aromatic N) is 1. The van der Waals surface area contributed by atoms with Gasteiger partial charge in [-0.25, -0.2) is 0 Å². The molecule has 1 fully saturated rings. The number of hydrogen-bond donors (Lipinski definition) is 0. The van der Waals surface area contributed by atoms with E-state index in [9.17, 15) is 4.79 Å². The Morgan fingerprint density at radius 3 is 2.56 bits per heavy atom. The van der Waals surface area contributed by atoms with E-state index in [2.05, 4.69) is 11.2 Å². The summed E-state index contributed by atoms with van der Waals surface area (Å²) in [6, 6.07) is 0. The monoisotopic (exact) mass is 241 g/mol. The molecule has 0 aromatic heterocycles. The molecule has 1 aliphatic rings. The second kappa shape index (κ2) is 7.13. The van der Waals surface area contributed by atoms with Gasteiger partial charge in [-0.05, 0) is 38.3 Å². The molecule has 3 heteroatoms. The van der Waals surface area contributed by atoms with Gasteiger partial charge in [0.25, 0.3) is 0 Å². The maximum atomic E-state index is 11.4. The number of rotatable bonds is 5. The topological polar surface area (TPSA) is 20.3 Å². The smallest absolute Gasteiger partial charge is 0.157 e. The van der Waals surface area contributed by atoms with E-state index in [1.165, 1.54) is 25.9 Å². The van der Waals surface area contributed by atoms with Gasteiger partial charge in [-0.1, -0.05) is 19.9 Å². The molecule has 1 aliphatic heterocycles. The van der Waals surface area contributed by atoms with Crippen molar-refractivity contribution < 1.29 is 4.79 Å². The fraction of sp³-hybridized carbons (Fsp3) is 0.769. The third kappa shape index (κ3) is 4.71. The summed E-state index contributed by atoms with van der Waals surface area (Å²) in [7, 11) is 0. The van der Waals surface area contributed by atoms with Crippen molar-refractivity contribution in [1.29, 1.82) is 0 Å². The molecular weight excluding hydrogens is 218 g/mol. The molecule has 0 unspecified atom stereocenters. The zero-order valence-electron chi connectivity index (χ0n) is 10.6. The van der Waals surface area contributed by atoms with E-state index in [4.69, 9.17) is 0 Å². The third-order valence-electron chi connectivity index (χ3n) is 3.08. The first-order valence-electron chi connectivity index (χ1n) is 6.09. The van der Waals surface area contributed by atoms with Crippen LogP contribution < -0.4 is 0 Å². The highest BCUT2D eigenvalue weighted by molar-refractivity contribution is 7.99. The summed E-state index contributed by atoms with van der Waals surface area (Å²) in [5.41, 5.74) is 0. The standard InChI is InChI=1S/C13H23NOS/c1-11(2)13(15)5-4-8-14-9-6-12(16-3)7-10-14/h4-5,11-12H,6-10H2,1-3H3/b5-4+. The van der Waals surface area contributed by atoms with E-state index in [0.29, 0.717) is 0 Å². The van der Waals surface area contributed by atoms with Crippen LogP contribution >= 0.6 is 11.8 Å². The molecule has 0 aromatic carbocycles. The lowest BCUT2D eigenvalue weighted by Crippen LogP contribution is -2.34. The van der Waals surface area contributed by atoms with Crippen LogP contribution in [0.4, 0.5) is 0 Å². The van der Waals surface area contributed by atoms with E-state index in [0.717, 1.165) is 11.8 Å². The highest BCUT2D eigenvalue weighted by Gasteiger charge is 2.16. The molecule has 0 aromatic rings. The number of hydrogen-bond acceptors (Lipinski definition) is 3. The molecule has 16 heavy (non-hydrogen) atoms. The average Bonchev–Trinajstić information content (AvgIpc) is 2.29. The molecule has 1 rings (SSSR count). The highest BCUT2D eigenvalue weighted by Crippen LogP contribution is 2.20. The third-order valence-corrected chi connectivity index (χ3v) is 4.22. The van der Waals surface area contributed by atoms with Gasteiger partial charge in [0.15, 0.2) is 5.78 Å². The molecule has 92 valence electrons. The van der Waals surface area contributed by atoms with Crippen LogP contribution in [0.3, 0.4) is 0 Å². The largest absolute Gasteiger partial charge is 0.300 e. The number of allylic oxidation sites excluding steroid dienone is 1. The summed E-state index contributed by atoms with van der Waals surface area (Å²) in [4.78, 5) is 13.8. The van der Waals surface area contributed by atoms with Crippen molar-refractivity contribution in [3.63, 3.8) is 0 Å². The molecule has 0 bridgehead atoms. The van der Waals surface area contributed by atoms with Gasteiger partial charge in [0.1, 0.15) is 0 Å². The van der Waals surface area contributed by atoms with E-state index in [1.54, 1.807) is 6.08 Å². The van der Waals surface area contributed by atoms with Gasteiger partial charge in [0.05, 0.1) is 0 Å². The van der Waals surface area contributed by atoms with Gasteiger partial charge >= 0.3 is 0 Å². The molecule has 0 spiro atoms. The maximum absolute atomic E-state index is 11.4. The number of likely N-dealkylation sites (tertiary alicyclic amines) is 1. The van der Waals surface area contributed by atoms with Crippen LogP contribution in [0, 0.1) is 5.92 Å². The summed E-state index contributed by atoms with van der Waals surface area (Å²) in [6.45, 7) is 7.16. The molecule has 0 amide bonds. The van der Waals surface area contributed by atoms with Crippen molar-refractivity contribution in [3.05, 3.63) is 12.2 Å². The van der Waals surface area contributed by atoms with Crippen molar-refractivity contribution in [2.24, 2.45) is 5.92 Å². The number of thioether (sulfide) groups is 1. The Balaban J connectivity index is 2.22. The Labute approximate surface area is 103 Å². The SMILES string of the molecule is CSC1CCN(C/C=C/C(=O)C(C)C)CC1. The molecule has 2 nitrogen and oxygen atoms in total. The predicted molar refractivity (Wildman–Crippen MR) is 72.0 cm³/mol. The maximum Gasteiger partial charge on any atom is 0.157 e. The van der Waals surface area contributed by atoms with E-state index in [-0.39, 0.29) is 11.7 Å². The molecular formula is C13H23NOS. The van der Waals surface area contributed by atoms with Crippen LogP contribution in [0.1, 0.15) is 26.7 Å². The highest BCUT2D eigenvalue weighted by atomic mass is 32.2. The van der Waals surface area contributed by atoms with Gasteiger partial charge in [-0.2, -0.15) is 11.8 Å². The van der Waals surface area contributed by atoms with E-state index in [1.807, 2.05) is 31.7 Å². The first-order valence-corrected chi connectivity index (χ1v) is 7.37. The second-order valence-corrected chi connectivity index (χ2v) is 5.83.